The van der Waals surface area contributed by atoms with Gasteiger partial charge in [0.2, 0.25) is 0 Å². The molecule has 0 aromatic rings. The summed E-state index contributed by atoms with van der Waals surface area (Å²) < 4.78 is 0. The fourth-order valence-corrected chi connectivity index (χ4v) is 3.99. The summed E-state index contributed by atoms with van der Waals surface area (Å²) in [6, 6.07) is 0. The van der Waals surface area contributed by atoms with Crippen LogP contribution in [-0.4, -0.2) is 11.1 Å². The molecule has 1 saturated carbocycles. The van der Waals surface area contributed by atoms with Crippen molar-refractivity contribution in [3.63, 3.8) is 0 Å². The first-order valence-electron chi connectivity index (χ1n) is 8.13. The highest BCUT2D eigenvalue weighted by atomic mass is 16.4. The van der Waals surface area contributed by atoms with Crippen LogP contribution in [0.2, 0.25) is 0 Å². The summed E-state index contributed by atoms with van der Waals surface area (Å²) in [5.41, 5.74) is -0.418. The average Bonchev–Trinajstić information content (AvgIpc) is 2.30. The maximum Gasteiger partial charge on any atom is 0.309 e. The molecule has 1 unspecified atom stereocenters. The van der Waals surface area contributed by atoms with E-state index in [4.69, 9.17) is 0 Å². The predicted molar refractivity (Wildman–Crippen MR) is 80.2 cm³/mol. The van der Waals surface area contributed by atoms with Crippen LogP contribution in [0.1, 0.15) is 79.1 Å². The van der Waals surface area contributed by atoms with Crippen molar-refractivity contribution >= 4 is 5.97 Å². The van der Waals surface area contributed by atoms with E-state index in [2.05, 4.69) is 27.7 Å². The summed E-state index contributed by atoms with van der Waals surface area (Å²) in [7, 11) is 0. The van der Waals surface area contributed by atoms with E-state index < -0.39 is 11.4 Å². The highest BCUT2D eigenvalue weighted by molar-refractivity contribution is 5.74. The van der Waals surface area contributed by atoms with Gasteiger partial charge in [-0.05, 0) is 56.3 Å². The smallest absolute Gasteiger partial charge is 0.309 e. The average molecular weight is 268 g/mol. The van der Waals surface area contributed by atoms with Gasteiger partial charge < -0.3 is 5.11 Å². The molecule has 0 bridgehead atoms. The van der Waals surface area contributed by atoms with Crippen molar-refractivity contribution in [3.05, 3.63) is 0 Å². The monoisotopic (exact) mass is 268 g/mol. The fraction of sp³-hybridized carbons (Fsp3) is 0.941. The lowest BCUT2D eigenvalue weighted by Crippen LogP contribution is -2.37. The molecule has 0 aromatic carbocycles. The largest absolute Gasteiger partial charge is 0.481 e. The molecule has 0 heterocycles. The second kappa shape index (κ2) is 7.31. The molecule has 1 fully saturated rings. The van der Waals surface area contributed by atoms with Crippen molar-refractivity contribution in [2.75, 3.05) is 0 Å². The quantitative estimate of drug-likeness (QED) is 0.695. The maximum absolute atomic E-state index is 11.8. The van der Waals surface area contributed by atoms with Gasteiger partial charge in [0.25, 0.3) is 0 Å². The number of hydrogen-bond acceptors (Lipinski definition) is 1. The molecule has 19 heavy (non-hydrogen) atoms. The molecule has 112 valence electrons. The Kier molecular flexibility index (Phi) is 6.35. The number of aliphatic carboxylic acids is 1. The van der Waals surface area contributed by atoms with Crippen LogP contribution in [0, 0.1) is 23.2 Å². The van der Waals surface area contributed by atoms with Gasteiger partial charge in [-0.25, -0.2) is 0 Å². The van der Waals surface area contributed by atoms with Crippen molar-refractivity contribution in [1.29, 1.82) is 0 Å². The zero-order valence-corrected chi connectivity index (χ0v) is 13.2. The second-order valence-electron chi connectivity index (χ2n) is 7.26. The lowest BCUT2D eigenvalue weighted by molar-refractivity contribution is -0.153. The number of hydrogen-bond donors (Lipinski definition) is 1. The Morgan fingerprint density at radius 2 is 1.84 bits per heavy atom. The van der Waals surface area contributed by atoms with E-state index >= 15 is 0 Å². The third-order valence-electron chi connectivity index (χ3n) is 4.83. The van der Waals surface area contributed by atoms with Crippen LogP contribution in [0.3, 0.4) is 0 Å². The third-order valence-corrected chi connectivity index (χ3v) is 4.83. The summed E-state index contributed by atoms with van der Waals surface area (Å²) in [6.45, 7) is 8.90. The first-order chi connectivity index (χ1) is 8.89. The van der Waals surface area contributed by atoms with E-state index in [-0.39, 0.29) is 0 Å². The van der Waals surface area contributed by atoms with Gasteiger partial charge >= 0.3 is 5.97 Å². The Labute approximate surface area is 119 Å². The third kappa shape index (κ3) is 4.81. The van der Waals surface area contributed by atoms with E-state index in [1.807, 2.05) is 0 Å². The van der Waals surface area contributed by atoms with Crippen molar-refractivity contribution in [3.8, 4) is 0 Å². The molecule has 0 radical (unpaired) electrons. The van der Waals surface area contributed by atoms with Gasteiger partial charge in [0, 0.05) is 0 Å². The standard InChI is InChI=1S/C17H32O2/c1-5-6-15-7-9-17(10-8-15,16(18)19)12-14(4)11-13(2)3/h13-15H,5-12H2,1-4H3,(H,18,19). The molecule has 1 rings (SSSR count). The molecule has 0 saturated heterocycles. The Bertz CT molecular complexity index is 275. The summed E-state index contributed by atoms with van der Waals surface area (Å²) in [4.78, 5) is 11.8. The number of rotatable bonds is 7. The van der Waals surface area contributed by atoms with Gasteiger partial charge in [0.1, 0.15) is 0 Å². The van der Waals surface area contributed by atoms with Crippen LogP contribution in [0.5, 0.6) is 0 Å². The molecule has 0 aromatic heterocycles. The molecule has 2 heteroatoms. The zero-order chi connectivity index (χ0) is 14.5. The van der Waals surface area contributed by atoms with Gasteiger partial charge in [-0.15, -0.1) is 0 Å². The highest BCUT2D eigenvalue weighted by Gasteiger charge is 2.42. The van der Waals surface area contributed by atoms with Crippen molar-refractivity contribution in [1.82, 2.24) is 0 Å². The summed E-state index contributed by atoms with van der Waals surface area (Å²) in [5.74, 6) is 1.42. The zero-order valence-electron chi connectivity index (χ0n) is 13.2. The topological polar surface area (TPSA) is 37.3 Å². The van der Waals surface area contributed by atoms with E-state index in [0.717, 1.165) is 44.4 Å². The van der Waals surface area contributed by atoms with Crippen molar-refractivity contribution in [2.24, 2.45) is 23.2 Å². The lowest BCUT2D eigenvalue weighted by Gasteiger charge is -2.38. The predicted octanol–water partition coefficient (Wildman–Crippen LogP) is 5.12. The molecule has 1 aliphatic rings. The molecule has 0 aliphatic heterocycles. The minimum atomic E-state index is -0.543. The van der Waals surface area contributed by atoms with E-state index in [9.17, 15) is 9.90 Å². The second-order valence-corrected chi connectivity index (χ2v) is 7.26. The first kappa shape index (κ1) is 16.5. The van der Waals surface area contributed by atoms with Crippen molar-refractivity contribution < 1.29 is 9.90 Å². The minimum Gasteiger partial charge on any atom is -0.481 e. The SMILES string of the molecule is CCCC1CCC(CC(C)CC(C)C)(C(=O)O)CC1. The van der Waals surface area contributed by atoms with Gasteiger partial charge in [0.15, 0.2) is 0 Å². The number of carboxylic acids is 1. The van der Waals surface area contributed by atoms with Crippen LogP contribution in [-0.2, 0) is 4.79 Å². The van der Waals surface area contributed by atoms with Gasteiger partial charge in [-0.3, -0.25) is 4.79 Å². The van der Waals surface area contributed by atoms with E-state index in [1.54, 1.807) is 0 Å². The van der Waals surface area contributed by atoms with E-state index in [0.29, 0.717) is 11.8 Å². The van der Waals surface area contributed by atoms with Crippen LogP contribution in [0.4, 0.5) is 0 Å². The maximum atomic E-state index is 11.8. The van der Waals surface area contributed by atoms with Crippen LogP contribution >= 0.6 is 0 Å². The van der Waals surface area contributed by atoms with Crippen molar-refractivity contribution in [2.45, 2.75) is 79.1 Å². The Morgan fingerprint density at radius 1 is 1.26 bits per heavy atom. The van der Waals surface area contributed by atoms with Gasteiger partial charge in [0.05, 0.1) is 5.41 Å². The van der Waals surface area contributed by atoms with Crippen LogP contribution in [0.25, 0.3) is 0 Å². The van der Waals surface area contributed by atoms with Gasteiger partial charge in [-0.1, -0.05) is 40.5 Å². The Balaban J connectivity index is 2.60. The fourth-order valence-electron chi connectivity index (χ4n) is 3.99. The molecule has 0 amide bonds. The molecular formula is C17H32O2. The molecule has 1 atom stereocenters. The molecule has 2 nitrogen and oxygen atoms in total. The Morgan fingerprint density at radius 3 is 2.26 bits per heavy atom. The molecule has 0 spiro atoms. The summed E-state index contributed by atoms with van der Waals surface area (Å²) in [6.07, 6.45) is 8.56. The number of carbonyl (C=O) groups is 1. The number of carboxylic acid groups (broad SMARTS) is 1. The minimum absolute atomic E-state index is 0.418. The van der Waals surface area contributed by atoms with E-state index in [1.165, 1.54) is 12.8 Å². The highest BCUT2D eigenvalue weighted by Crippen LogP contribution is 2.45. The van der Waals surface area contributed by atoms with Crippen LogP contribution in [0.15, 0.2) is 0 Å². The molecule has 1 aliphatic carbocycles. The van der Waals surface area contributed by atoms with Gasteiger partial charge in [-0.2, -0.15) is 0 Å². The molecular weight excluding hydrogens is 236 g/mol. The Hall–Kier alpha value is -0.530. The van der Waals surface area contributed by atoms with Crippen LogP contribution < -0.4 is 0 Å². The summed E-state index contributed by atoms with van der Waals surface area (Å²) >= 11 is 0. The summed E-state index contributed by atoms with van der Waals surface area (Å²) in [5, 5.41) is 9.69. The normalized spacial score (nSPS) is 29.4. The lowest BCUT2D eigenvalue weighted by atomic mass is 9.65. The first-order valence-corrected chi connectivity index (χ1v) is 8.13. The molecule has 1 N–H and O–H groups in total.